The van der Waals surface area contributed by atoms with E-state index in [-0.39, 0.29) is 11.7 Å². The summed E-state index contributed by atoms with van der Waals surface area (Å²) < 4.78 is 26.1. The van der Waals surface area contributed by atoms with Gasteiger partial charge in [0.05, 0.1) is 12.4 Å². The zero-order valence-corrected chi connectivity index (χ0v) is 9.84. The molecule has 0 spiro atoms. The standard InChI is InChI=1S/C9H17NO4S/c1-3-14-9(11)5-4-6-10-7-8-15(2,12)13/h4-5,10H,3,6-8H2,1-2H3/b5-4+. The van der Waals surface area contributed by atoms with Crippen LogP contribution < -0.4 is 5.32 Å². The lowest BCUT2D eigenvalue weighted by Gasteiger charge is -1.99. The average molecular weight is 235 g/mol. The largest absolute Gasteiger partial charge is 0.463 e. The van der Waals surface area contributed by atoms with E-state index >= 15 is 0 Å². The second kappa shape index (κ2) is 7.42. The number of hydrogen-bond donors (Lipinski definition) is 1. The summed E-state index contributed by atoms with van der Waals surface area (Å²) in [6.45, 7) is 2.92. The van der Waals surface area contributed by atoms with Crippen molar-refractivity contribution in [1.29, 1.82) is 0 Å². The number of carbonyl (C=O) groups is 1. The van der Waals surface area contributed by atoms with Crippen molar-refractivity contribution in [2.75, 3.05) is 31.7 Å². The maximum absolute atomic E-state index is 10.8. The molecule has 0 aromatic rings. The van der Waals surface area contributed by atoms with Crippen LogP contribution in [0.25, 0.3) is 0 Å². The number of ether oxygens (including phenoxy) is 1. The Labute approximate surface area is 90.4 Å². The molecule has 0 bridgehead atoms. The highest BCUT2D eigenvalue weighted by atomic mass is 32.2. The lowest BCUT2D eigenvalue weighted by atomic mass is 10.5. The molecule has 0 atom stereocenters. The van der Waals surface area contributed by atoms with Gasteiger partial charge in [-0.15, -0.1) is 0 Å². The number of nitrogens with one attached hydrogen (secondary N) is 1. The summed E-state index contributed by atoms with van der Waals surface area (Å²) in [7, 11) is -2.91. The first kappa shape index (κ1) is 14.1. The molecule has 0 rings (SSSR count). The molecule has 5 nitrogen and oxygen atoms in total. The molecule has 0 fully saturated rings. The van der Waals surface area contributed by atoms with Crippen LogP contribution >= 0.6 is 0 Å². The molecule has 0 aliphatic carbocycles. The van der Waals surface area contributed by atoms with Gasteiger partial charge < -0.3 is 10.1 Å². The molecule has 0 radical (unpaired) electrons. The summed E-state index contributed by atoms with van der Waals surface area (Å²) in [4.78, 5) is 10.8. The summed E-state index contributed by atoms with van der Waals surface area (Å²) in [6, 6.07) is 0. The highest BCUT2D eigenvalue weighted by Crippen LogP contribution is 1.81. The van der Waals surface area contributed by atoms with Crippen molar-refractivity contribution in [3.8, 4) is 0 Å². The van der Waals surface area contributed by atoms with Gasteiger partial charge >= 0.3 is 5.97 Å². The fourth-order valence-corrected chi connectivity index (χ4v) is 1.30. The van der Waals surface area contributed by atoms with Gasteiger partial charge in [-0.2, -0.15) is 0 Å². The third kappa shape index (κ3) is 11.0. The average Bonchev–Trinajstić information content (AvgIpc) is 2.09. The van der Waals surface area contributed by atoms with Gasteiger partial charge in [0.2, 0.25) is 0 Å². The smallest absolute Gasteiger partial charge is 0.330 e. The molecule has 15 heavy (non-hydrogen) atoms. The topological polar surface area (TPSA) is 72.5 Å². The first-order chi connectivity index (χ1) is 6.95. The number of rotatable bonds is 7. The zero-order valence-electron chi connectivity index (χ0n) is 9.02. The fourth-order valence-electron chi connectivity index (χ4n) is 0.788. The normalized spacial score (nSPS) is 11.9. The van der Waals surface area contributed by atoms with E-state index in [4.69, 9.17) is 0 Å². The van der Waals surface area contributed by atoms with E-state index in [9.17, 15) is 13.2 Å². The minimum atomic E-state index is -2.91. The zero-order chi connectivity index (χ0) is 11.7. The monoisotopic (exact) mass is 235 g/mol. The van der Waals surface area contributed by atoms with Crippen molar-refractivity contribution in [1.82, 2.24) is 5.32 Å². The summed E-state index contributed by atoms with van der Waals surface area (Å²) in [5.74, 6) is -0.289. The highest BCUT2D eigenvalue weighted by Gasteiger charge is 1.99. The van der Waals surface area contributed by atoms with E-state index in [1.807, 2.05) is 0 Å². The van der Waals surface area contributed by atoms with Crippen molar-refractivity contribution in [3.63, 3.8) is 0 Å². The van der Waals surface area contributed by atoms with Crippen LogP contribution in [0, 0.1) is 0 Å². The molecule has 0 heterocycles. The molecular weight excluding hydrogens is 218 g/mol. The molecule has 0 saturated heterocycles. The van der Waals surface area contributed by atoms with Crippen LogP contribution in [0.2, 0.25) is 0 Å². The van der Waals surface area contributed by atoms with Crippen molar-refractivity contribution in [2.24, 2.45) is 0 Å². The van der Waals surface area contributed by atoms with Crippen molar-refractivity contribution in [3.05, 3.63) is 12.2 Å². The van der Waals surface area contributed by atoms with Crippen LogP contribution in [0.1, 0.15) is 6.92 Å². The lowest BCUT2D eigenvalue weighted by Crippen LogP contribution is -2.22. The van der Waals surface area contributed by atoms with E-state index in [0.717, 1.165) is 0 Å². The van der Waals surface area contributed by atoms with Gasteiger partial charge in [-0.1, -0.05) is 6.08 Å². The van der Waals surface area contributed by atoms with Gasteiger partial charge in [0, 0.05) is 25.4 Å². The molecule has 0 saturated carbocycles. The molecule has 0 unspecified atom stereocenters. The number of hydrogen-bond acceptors (Lipinski definition) is 5. The predicted molar refractivity (Wildman–Crippen MR) is 58.4 cm³/mol. The Bertz CT molecular complexity index is 308. The summed E-state index contributed by atoms with van der Waals surface area (Å²) in [6.07, 6.45) is 4.10. The van der Waals surface area contributed by atoms with Gasteiger partial charge in [-0.3, -0.25) is 0 Å². The molecule has 0 amide bonds. The maximum Gasteiger partial charge on any atom is 0.330 e. The summed E-state index contributed by atoms with van der Waals surface area (Å²) in [5, 5.41) is 2.87. The minimum Gasteiger partial charge on any atom is -0.463 e. The summed E-state index contributed by atoms with van der Waals surface area (Å²) in [5.41, 5.74) is 0. The van der Waals surface area contributed by atoms with Gasteiger partial charge in [0.1, 0.15) is 9.84 Å². The molecule has 0 aromatic heterocycles. The van der Waals surface area contributed by atoms with Crippen molar-refractivity contribution in [2.45, 2.75) is 6.92 Å². The van der Waals surface area contributed by atoms with Crippen LogP contribution in [0.5, 0.6) is 0 Å². The van der Waals surface area contributed by atoms with Gasteiger partial charge in [-0.25, -0.2) is 13.2 Å². The molecular formula is C9H17NO4S. The SMILES string of the molecule is CCOC(=O)/C=C/CNCCS(C)(=O)=O. The van der Waals surface area contributed by atoms with Crippen LogP contribution in [-0.4, -0.2) is 46.1 Å². The lowest BCUT2D eigenvalue weighted by molar-refractivity contribution is -0.137. The summed E-state index contributed by atoms with van der Waals surface area (Å²) >= 11 is 0. The van der Waals surface area contributed by atoms with Gasteiger partial charge in [0.25, 0.3) is 0 Å². The quantitative estimate of drug-likeness (QED) is 0.374. The van der Waals surface area contributed by atoms with E-state index in [0.29, 0.717) is 19.7 Å². The number of esters is 1. The Morgan fingerprint density at radius 3 is 2.67 bits per heavy atom. The molecule has 0 aromatic carbocycles. The van der Waals surface area contributed by atoms with E-state index in [1.165, 1.54) is 12.3 Å². The van der Waals surface area contributed by atoms with Crippen LogP contribution in [-0.2, 0) is 19.4 Å². The van der Waals surface area contributed by atoms with Gasteiger partial charge in [-0.05, 0) is 6.92 Å². The van der Waals surface area contributed by atoms with Crippen LogP contribution in [0.4, 0.5) is 0 Å². The Hall–Kier alpha value is -0.880. The Balaban J connectivity index is 3.50. The predicted octanol–water partition coefficient (Wildman–Crippen LogP) is -0.260. The van der Waals surface area contributed by atoms with Crippen molar-refractivity contribution >= 4 is 15.8 Å². The molecule has 88 valence electrons. The van der Waals surface area contributed by atoms with Crippen LogP contribution in [0.3, 0.4) is 0 Å². The molecule has 6 heteroatoms. The first-order valence-corrected chi connectivity index (χ1v) is 6.73. The fraction of sp³-hybridized carbons (Fsp3) is 0.667. The molecule has 1 N–H and O–H groups in total. The van der Waals surface area contributed by atoms with E-state index in [2.05, 4.69) is 10.1 Å². The first-order valence-electron chi connectivity index (χ1n) is 4.67. The second-order valence-corrected chi connectivity index (χ2v) is 5.25. The highest BCUT2D eigenvalue weighted by molar-refractivity contribution is 7.90. The van der Waals surface area contributed by atoms with Gasteiger partial charge in [0.15, 0.2) is 0 Å². The van der Waals surface area contributed by atoms with E-state index in [1.54, 1.807) is 13.0 Å². The number of carbonyl (C=O) groups excluding carboxylic acids is 1. The van der Waals surface area contributed by atoms with E-state index < -0.39 is 9.84 Å². The van der Waals surface area contributed by atoms with Crippen molar-refractivity contribution < 1.29 is 17.9 Å². The minimum absolute atomic E-state index is 0.0975. The maximum atomic E-state index is 10.8. The Kier molecular flexibility index (Phi) is 6.98. The third-order valence-corrected chi connectivity index (χ3v) is 2.40. The number of sulfone groups is 1. The Morgan fingerprint density at radius 1 is 1.47 bits per heavy atom. The Morgan fingerprint density at radius 2 is 2.13 bits per heavy atom. The third-order valence-electron chi connectivity index (χ3n) is 1.45. The second-order valence-electron chi connectivity index (χ2n) is 2.99. The molecule has 0 aliphatic rings. The molecule has 0 aliphatic heterocycles. The van der Waals surface area contributed by atoms with Crippen LogP contribution in [0.15, 0.2) is 12.2 Å².